The van der Waals surface area contributed by atoms with Crippen molar-refractivity contribution in [2.75, 3.05) is 0 Å². The van der Waals surface area contributed by atoms with Crippen molar-refractivity contribution >= 4 is 10.9 Å². The summed E-state index contributed by atoms with van der Waals surface area (Å²) in [6.07, 6.45) is -8.72. The Hall–Kier alpha value is -2.61. The summed E-state index contributed by atoms with van der Waals surface area (Å²) in [7, 11) is 1.42. The van der Waals surface area contributed by atoms with E-state index in [1.165, 1.54) is 29.8 Å². The first kappa shape index (κ1) is 19.2. The number of fused-ring (bicyclic) bond motifs is 1. The molecule has 0 bridgehead atoms. The van der Waals surface area contributed by atoms with E-state index in [9.17, 15) is 27.1 Å². The fourth-order valence-corrected chi connectivity index (χ4v) is 2.90. The van der Waals surface area contributed by atoms with E-state index >= 15 is 0 Å². The fourth-order valence-electron chi connectivity index (χ4n) is 2.90. The van der Waals surface area contributed by atoms with Crippen LogP contribution in [0.25, 0.3) is 10.9 Å². The molecular formula is C19H16F5NO2. The van der Waals surface area contributed by atoms with Crippen molar-refractivity contribution in [3.8, 4) is 5.75 Å². The highest BCUT2D eigenvalue weighted by Gasteiger charge is 2.62. The lowest BCUT2D eigenvalue weighted by Crippen LogP contribution is -2.48. The maximum atomic E-state index is 13.3. The van der Waals surface area contributed by atoms with Gasteiger partial charge in [0.1, 0.15) is 12.4 Å². The molecule has 1 heterocycles. The Bertz CT molecular complexity index is 936. The van der Waals surface area contributed by atoms with Gasteiger partial charge < -0.3 is 14.4 Å². The number of ether oxygens (including phenoxy) is 1. The van der Waals surface area contributed by atoms with Gasteiger partial charge in [0.05, 0.1) is 0 Å². The highest BCUT2D eigenvalue weighted by atomic mass is 19.4. The molecular weight excluding hydrogens is 369 g/mol. The van der Waals surface area contributed by atoms with E-state index in [1.807, 2.05) is 30.3 Å². The monoisotopic (exact) mass is 385 g/mol. The Labute approximate surface area is 151 Å². The molecule has 144 valence electrons. The number of alkyl halides is 5. The van der Waals surface area contributed by atoms with Gasteiger partial charge in [0.25, 0.3) is 6.43 Å². The second kappa shape index (κ2) is 6.84. The van der Waals surface area contributed by atoms with Crippen LogP contribution in [-0.4, -0.2) is 22.3 Å². The summed E-state index contributed by atoms with van der Waals surface area (Å²) in [4.78, 5) is 0. The van der Waals surface area contributed by atoms with Crippen molar-refractivity contribution in [3.63, 3.8) is 0 Å². The molecule has 0 saturated heterocycles. The van der Waals surface area contributed by atoms with Crippen LogP contribution in [0.15, 0.2) is 54.7 Å². The molecule has 0 aliphatic rings. The van der Waals surface area contributed by atoms with Gasteiger partial charge in [0.2, 0.25) is 5.60 Å². The fraction of sp³-hybridized carbons (Fsp3) is 0.263. The van der Waals surface area contributed by atoms with E-state index < -0.39 is 23.8 Å². The van der Waals surface area contributed by atoms with Crippen LogP contribution < -0.4 is 4.74 Å². The van der Waals surface area contributed by atoms with Crippen molar-refractivity contribution in [2.45, 2.75) is 24.8 Å². The molecule has 0 spiro atoms. The Morgan fingerprint density at radius 3 is 2.33 bits per heavy atom. The molecule has 8 heteroatoms. The van der Waals surface area contributed by atoms with Gasteiger partial charge in [-0.2, -0.15) is 13.2 Å². The summed E-state index contributed by atoms with van der Waals surface area (Å²) in [6, 6.07) is 13.3. The molecule has 3 rings (SSSR count). The number of benzene rings is 2. The van der Waals surface area contributed by atoms with E-state index in [4.69, 9.17) is 4.74 Å². The number of rotatable bonds is 5. The molecule has 0 fully saturated rings. The molecule has 1 unspecified atom stereocenters. The lowest BCUT2D eigenvalue weighted by Gasteiger charge is -2.29. The van der Waals surface area contributed by atoms with Crippen molar-refractivity contribution in [1.29, 1.82) is 0 Å². The van der Waals surface area contributed by atoms with Crippen LogP contribution >= 0.6 is 0 Å². The van der Waals surface area contributed by atoms with E-state index in [0.29, 0.717) is 0 Å². The molecule has 0 amide bonds. The van der Waals surface area contributed by atoms with Gasteiger partial charge in [-0.3, -0.25) is 0 Å². The molecule has 3 aromatic rings. The molecule has 1 aromatic heterocycles. The minimum absolute atomic E-state index is 0.150. The topological polar surface area (TPSA) is 34.4 Å². The van der Waals surface area contributed by atoms with Crippen LogP contribution in [0.3, 0.4) is 0 Å². The van der Waals surface area contributed by atoms with Gasteiger partial charge in [-0.25, -0.2) is 8.78 Å². The smallest absolute Gasteiger partial charge is 0.427 e. The second-order valence-corrected chi connectivity index (χ2v) is 6.17. The number of nitrogens with zero attached hydrogens (tertiary/aromatic N) is 1. The number of hydrogen-bond acceptors (Lipinski definition) is 2. The average Bonchev–Trinajstić information content (AvgIpc) is 2.95. The van der Waals surface area contributed by atoms with Crippen LogP contribution in [-0.2, 0) is 19.3 Å². The lowest BCUT2D eigenvalue weighted by molar-refractivity contribution is -0.305. The molecule has 1 atom stereocenters. The maximum absolute atomic E-state index is 13.3. The summed E-state index contributed by atoms with van der Waals surface area (Å²) in [5.41, 5.74) is -4.08. The second-order valence-electron chi connectivity index (χ2n) is 6.17. The summed E-state index contributed by atoms with van der Waals surface area (Å²) in [6.45, 7) is 0.160. The number of aliphatic hydroxyl groups is 1. The Balaban J connectivity index is 2.04. The third-order valence-corrected chi connectivity index (χ3v) is 4.37. The average molecular weight is 385 g/mol. The summed E-state index contributed by atoms with van der Waals surface area (Å²) >= 11 is 0. The molecule has 0 aliphatic carbocycles. The van der Waals surface area contributed by atoms with Crippen LogP contribution in [0.2, 0.25) is 0 Å². The van der Waals surface area contributed by atoms with Gasteiger partial charge in [0, 0.05) is 29.7 Å². The van der Waals surface area contributed by atoms with E-state index in [2.05, 4.69) is 0 Å². The lowest BCUT2D eigenvalue weighted by atomic mass is 9.93. The van der Waals surface area contributed by atoms with Gasteiger partial charge in [-0.15, -0.1) is 0 Å². The normalized spacial score (nSPS) is 14.5. The molecule has 0 aliphatic heterocycles. The predicted molar refractivity (Wildman–Crippen MR) is 89.6 cm³/mol. The van der Waals surface area contributed by atoms with Crippen molar-refractivity contribution in [2.24, 2.45) is 7.05 Å². The van der Waals surface area contributed by atoms with E-state index in [0.717, 1.165) is 11.8 Å². The predicted octanol–water partition coefficient (Wildman–Crippen LogP) is 4.77. The van der Waals surface area contributed by atoms with Crippen LogP contribution in [0, 0.1) is 0 Å². The number of aryl methyl sites for hydroxylation is 1. The minimum atomic E-state index is -5.55. The molecule has 0 saturated carbocycles. The highest BCUT2D eigenvalue weighted by Crippen LogP contribution is 2.46. The first-order chi connectivity index (χ1) is 12.6. The first-order valence-electron chi connectivity index (χ1n) is 7.98. The van der Waals surface area contributed by atoms with Crippen LogP contribution in [0.5, 0.6) is 5.75 Å². The highest BCUT2D eigenvalue weighted by molar-refractivity contribution is 5.86. The molecule has 2 aromatic carbocycles. The third-order valence-electron chi connectivity index (χ3n) is 4.37. The Morgan fingerprint density at radius 2 is 1.74 bits per heavy atom. The molecule has 3 nitrogen and oxygen atoms in total. The minimum Gasteiger partial charge on any atom is -0.489 e. The standard InChI is InChI=1S/C19H16F5NO2/c1-25-10-15(18(26,17(20)21)19(22,23)24)14-9-13(7-8-16(14)25)27-11-12-5-3-2-4-6-12/h2-10,17,26H,11H2,1H3. The maximum Gasteiger partial charge on any atom is 0.427 e. The SMILES string of the molecule is Cn1cc(C(O)(C(F)F)C(F)(F)F)c2cc(OCc3ccccc3)ccc21. The van der Waals surface area contributed by atoms with Crippen molar-refractivity contribution in [3.05, 3.63) is 65.9 Å². The quantitative estimate of drug-likeness (QED) is 0.642. The summed E-state index contributed by atoms with van der Waals surface area (Å²) in [5, 5.41) is 9.73. The number of halogens is 5. The number of hydrogen-bond donors (Lipinski definition) is 1. The molecule has 1 N–H and O–H groups in total. The van der Waals surface area contributed by atoms with Crippen LogP contribution in [0.1, 0.15) is 11.1 Å². The Morgan fingerprint density at radius 1 is 1.07 bits per heavy atom. The van der Waals surface area contributed by atoms with E-state index in [1.54, 1.807) is 0 Å². The Kier molecular flexibility index (Phi) is 4.86. The summed E-state index contributed by atoms with van der Waals surface area (Å²) in [5.74, 6) is 0.206. The van der Waals surface area contributed by atoms with Gasteiger partial charge >= 0.3 is 6.18 Å². The van der Waals surface area contributed by atoms with Crippen molar-refractivity contribution in [1.82, 2.24) is 4.57 Å². The molecule has 27 heavy (non-hydrogen) atoms. The zero-order valence-electron chi connectivity index (χ0n) is 14.2. The molecule has 0 radical (unpaired) electrons. The van der Waals surface area contributed by atoms with Gasteiger partial charge in [-0.05, 0) is 23.8 Å². The summed E-state index contributed by atoms with van der Waals surface area (Å²) < 4.78 is 73.2. The zero-order chi connectivity index (χ0) is 19.8. The third kappa shape index (κ3) is 3.37. The van der Waals surface area contributed by atoms with E-state index in [-0.39, 0.29) is 23.3 Å². The van der Waals surface area contributed by atoms with Gasteiger partial charge in [0.15, 0.2) is 0 Å². The van der Waals surface area contributed by atoms with Crippen LogP contribution in [0.4, 0.5) is 22.0 Å². The number of aromatic nitrogens is 1. The van der Waals surface area contributed by atoms with Gasteiger partial charge in [-0.1, -0.05) is 30.3 Å². The largest absolute Gasteiger partial charge is 0.489 e. The van der Waals surface area contributed by atoms with Crippen molar-refractivity contribution < 1.29 is 31.8 Å². The zero-order valence-corrected chi connectivity index (χ0v) is 14.2. The first-order valence-corrected chi connectivity index (χ1v) is 7.98.